The number of carbonyl (C=O) groups excluding carboxylic acids is 1. The highest BCUT2D eigenvalue weighted by Gasteiger charge is 2.33. The Morgan fingerprint density at radius 1 is 1.39 bits per heavy atom. The Hall–Kier alpha value is -1.45. The molecule has 23 heavy (non-hydrogen) atoms. The molecule has 0 bridgehead atoms. The van der Waals surface area contributed by atoms with Crippen molar-refractivity contribution in [2.24, 2.45) is 0 Å². The Morgan fingerprint density at radius 2 is 2.13 bits per heavy atom. The first-order valence-corrected chi connectivity index (χ1v) is 9.32. The Morgan fingerprint density at radius 3 is 2.83 bits per heavy atom. The zero-order valence-electron chi connectivity index (χ0n) is 12.2. The van der Waals surface area contributed by atoms with Crippen LogP contribution in [-0.2, 0) is 9.59 Å². The van der Waals surface area contributed by atoms with Crippen LogP contribution in [0.2, 0.25) is 0 Å². The van der Waals surface area contributed by atoms with Crippen LogP contribution in [0.3, 0.4) is 0 Å². The standard InChI is InChI=1S/C14H15N3O3S3/c18-11(19)7-17-12(20)10(23-14(17)21)6-9-8-22-13(15-9)16-4-2-1-3-5-16/h6,8H,1-5,7H2,(H,18,19). The van der Waals surface area contributed by atoms with Gasteiger partial charge >= 0.3 is 5.97 Å². The molecule has 0 radical (unpaired) electrons. The van der Waals surface area contributed by atoms with Crippen LogP contribution in [0.25, 0.3) is 6.08 Å². The number of anilines is 1. The first kappa shape index (κ1) is 16.4. The number of thiazole rings is 1. The molecule has 1 amide bonds. The topological polar surface area (TPSA) is 73.7 Å². The maximum atomic E-state index is 12.2. The summed E-state index contributed by atoms with van der Waals surface area (Å²) in [5.41, 5.74) is 0.714. The van der Waals surface area contributed by atoms with Gasteiger partial charge in [0.05, 0.1) is 10.6 Å². The van der Waals surface area contributed by atoms with E-state index < -0.39 is 12.5 Å². The predicted molar refractivity (Wildman–Crippen MR) is 95.7 cm³/mol. The van der Waals surface area contributed by atoms with Crippen molar-refractivity contribution < 1.29 is 14.7 Å². The monoisotopic (exact) mass is 369 g/mol. The number of carbonyl (C=O) groups is 2. The predicted octanol–water partition coefficient (Wildman–Crippen LogP) is 2.42. The number of rotatable bonds is 4. The number of nitrogens with zero attached hydrogens (tertiary/aromatic N) is 3. The van der Waals surface area contributed by atoms with Gasteiger partial charge in [0.25, 0.3) is 5.91 Å². The van der Waals surface area contributed by atoms with Gasteiger partial charge in [0, 0.05) is 18.5 Å². The SMILES string of the molecule is O=C(O)CN1C(=O)C(=Cc2csc(N3CCCCC3)n2)SC1=S. The van der Waals surface area contributed by atoms with Gasteiger partial charge in [-0.2, -0.15) is 0 Å². The molecule has 1 aromatic heterocycles. The van der Waals surface area contributed by atoms with E-state index in [-0.39, 0.29) is 10.2 Å². The van der Waals surface area contributed by atoms with Crippen LogP contribution in [0, 0.1) is 0 Å². The third-order valence-corrected chi connectivity index (χ3v) is 5.88. The molecule has 0 aromatic carbocycles. The van der Waals surface area contributed by atoms with Crippen molar-refractivity contribution in [1.29, 1.82) is 0 Å². The minimum atomic E-state index is -1.08. The Balaban J connectivity index is 1.74. The molecule has 9 heteroatoms. The van der Waals surface area contributed by atoms with Gasteiger partial charge < -0.3 is 10.0 Å². The van der Waals surface area contributed by atoms with E-state index in [1.165, 1.54) is 19.3 Å². The van der Waals surface area contributed by atoms with Gasteiger partial charge in [0.1, 0.15) is 10.9 Å². The van der Waals surface area contributed by atoms with E-state index in [9.17, 15) is 9.59 Å². The second kappa shape index (κ2) is 6.98. The Labute approximate surface area is 147 Å². The van der Waals surface area contributed by atoms with E-state index in [2.05, 4.69) is 9.88 Å². The largest absolute Gasteiger partial charge is 0.480 e. The van der Waals surface area contributed by atoms with Crippen LogP contribution in [0.1, 0.15) is 25.0 Å². The molecule has 0 spiro atoms. The number of hydrogen-bond acceptors (Lipinski definition) is 7. The summed E-state index contributed by atoms with van der Waals surface area (Å²) >= 11 is 7.76. The third-order valence-electron chi connectivity index (χ3n) is 3.58. The van der Waals surface area contributed by atoms with Gasteiger partial charge in [-0.05, 0) is 25.3 Å². The number of piperidine rings is 1. The molecule has 0 aliphatic carbocycles. The highest BCUT2D eigenvalue weighted by Crippen LogP contribution is 2.33. The normalized spacial score (nSPS) is 20.6. The molecule has 0 saturated carbocycles. The summed E-state index contributed by atoms with van der Waals surface area (Å²) in [6.07, 6.45) is 5.32. The minimum Gasteiger partial charge on any atom is -0.480 e. The van der Waals surface area contributed by atoms with E-state index in [0.717, 1.165) is 34.9 Å². The Bertz CT molecular complexity index is 680. The summed E-state index contributed by atoms with van der Waals surface area (Å²) in [7, 11) is 0. The van der Waals surface area contributed by atoms with E-state index >= 15 is 0 Å². The second-order valence-electron chi connectivity index (χ2n) is 5.26. The van der Waals surface area contributed by atoms with Crippen molar-refractivity contribution in [3.63, 3.8) is 0 Å². The maximum absolute atomic E-state index is 12.2. The Kier molecular flexibility index (Phi) is 4.98. The molecule has 2 aliphatic rings. The lowest BCUT2D eigenvalue weighted by Crippen LogP contribution is -2.33. The van der Waals surface area contributed by atoms with E-state index in [1.807, 2.05) is 5.38 Å². The summed E-state index contributed by atoms with van der Waals surface area (Å²) in [5, 5.41) is 11.7. The molecule has 122 valence electrons. The molecule has 3 heterocycles. The van der Waals surface area contributed by atoms with Gasteiger partial charge in [-0.15, -0.1) is 11.3 Å². The molecule has 1 aromatic rings. The van der Waals surface area contributed by atoms with Crippen LogP contribution in [0.4, 0.5) is 5.13 Å². The molecule has 3 rings (SSSR count). The molecular weight excluding hydrogens is 354 g/mol. The van der Waals surface area contributed by atoms with E-state index in [0.29, 0.717) is 10.6 Å². The first-order valence-electron chi connectivity index (χ1n) is 7.22. The van der Waals surface area contributed by atoms with Crippen LogP contribution in [0.5, 0.6) is 0 Å². The van der Waals surface area contributed by atoms with Crippen molar-refractivity contribution in [1.82, 2.24) is 9.88 Å². The third kappa shape index (κ3) is 3.73. The van der Waals surface area contributed by atoms with Crippen molar-refractivity contribution in [2.45, 2.75) is 19.3 Å². The highest BCUT2D eigenvalue weighted by atomic mass is 32.2. The van der Waals surface area contributed by atoms with Gasteiger partial charge in [0.2, 0.25) is 0 Å². The quantitative estimate of drug-likeness (QED) is 0.645. The zero-order valence-corrected chi connectivity index (χ0v) is 14.7. The van der Waals surface area contributed by atoms with Gasteiger partial charge in [0.15, 0.2) is 5.13 Å². The molecule has 0 atom stereocenters. The van der Waals surface area contributed by atoms with Crippen molar-refractivity contribution in [3.8, 4) is 0 Å². The van der Waals surface area contributed by atoms with Crippen molar-refractivity contribution in [3.05, 3.63) is 16.0 Å². The smallest absolute Gasteiger partial charge is 0.323 e. The fraction of sp³-hybridized carbons (Fsp3) is 0.429. The number of aliphatic carboxylic acids is 1. The van der Waals surface area contributed by atoms with Gasteiger partial charge in [-0.25, -0.2) is 4.98 Å². The minimum absolute atomic E-state index is 0.273. The van der Waals surface area contributed by atoms with Crippen molar-refractivity contribution >= 4 is 62.7 Å². The fourth-order valence-corrected chi connectivity index (χ4v) is 4.56. The number of aromatic nitrogens is 1. The summed E-state index contributed by atoms with van der Waals surface area (Å²) in [6.45, 7) is 1.64. The van der Waals surface area contributed by atoms with E-state index in [4.69, 9.17) is 17.3 Å². The van der Waals surface area contributed by atoms with Crippen LogP contribution < -0.4 is 4.90 Å². The lowest BCUT2D eigenvalue weighted by molar-refractivity contribution is -0.140. The fourth-order valence-electron chi connectivity index (χ4n) is 2.48. The molecule has 0 unspecified atom stereocenters. The van der Waals surface area contributed by atoms with Crippen LogP contribution in [-0.4, -0.2) is 50.8 Å². The number of carboxylic acid groups (broad SMARTS) is 1. The number of thiocarbonyl (C=S) groups is 1. The maximum Gasteiger partial charge on any atom is 0.323 e. The highest BCUT2D eigenvalue weighted by molar-refractivity contribution is 8.26. The molecule has 6 nitrogen and oxygen atoms in total. The summed E-state index contributed by atoms with van der Waals surface area (Å²) < 4.78 is 0.273. The average molecular weight is 369 g/mol. The lowest BCUT2D eigenvalue weighted by Gasteiger charge is -2.25. The zero-order chi connectivity index (χ0) is 16.4. The second-order valence-corrected chi connectivity index (χ2v) is 7.78. The van der Waals surface area contributed by atoms with E-state index in [1.54, 1.807) is 17.4 Å². The summed E-state index contributed by atoms with van der Waals surface area (Å²) in [4.78, 5) is 31.4. The number of amides is 1. The molecule has 2 aliphatic heterocycles. The van der Waals surface area contributed by atoms with Gasteiger partial charge in [-0.3, -0.25) is 14.5 Å². The molecule has 2 saturated heterocycles. The van der Waals surface area contributed by atoms with Crippen LogP contribution in [0.15, 0.2) is 10.3 Å². The van der Waals surface area contributed by atoms with Crippen molar-refractivity contribution in [2.75, 3.05) is 24.5 Å². The first-order chi connectivity index (χ1) is 11.0. The lowest BCUT2D eigenvalue weighted by atomic mass is 10.1. The number of hydrogen-bond donors (Lipinski definition) is 1. The summed E-state index contributed by atoms with van der Waals surface area (Å²) in [6, 6.07) is 0. The number of carboxylic acids is 1. The molecular formula is C14H15N3O3S3. The molecule has 1 N–H and O–H groups in total. The number of thioether (sulfide) groups is 1. The summed E-state index contributed by atoms with van der Waals surface area (Å²) in [5.74, 6) is -1.45. The van der Waals surface area contributed by atoms with Crippen LogP contribution >= 0.6 is 35.3 Å². The molecule has 2 fully saturated rings. The van der Waals surface area contributed by atoms with Gasteiger partial charge in [-0.1, -0.05) is 24.0 Å². The average Bonchev–Trinajstić information content (AvgIpc) is 3.09.